The number of nitrogens with two attached hydrogens (primary N) is 1. The van der Waals surface area contributed by atoms with Gasteiger partial charge in [0.25, 0.3) is 0 Å². The summed E-state index contributed by atoms with van der Waals surface area (Å²) < 4.78 is 0. The van der Waals surface area contributed by atoms with Crippen LogP contribution in [0.15, 0.2) is 18.2 Å². The van der Waals surface area contributed by atoms with Crippen molar-refractivity contribution in [3.8, 4) is 0 Å². The van der Waals surface area contributed by atoms with Gasteiger partial charge >= 0.3 is 0 Å². The van der Waals surface area contributed by atoms with Crippen LogP contribution < -0.4 is 11.1 Å². The molecule has 0 saturated heterocycles. The molecule has 2 aliphatic carbocycles. The van der Waals surface area contributed by atoms with Crippen LogP contribution in [0, 0.1) is 5.41 Å². The zero-order valence-electron chi connectivity index (χ0n) is 11.9. The van der Waals surface area contributed by atoms with E-state index in [0.717, 1.165) is 19.6 Å². The van der Waals surface area contributed by atoms with E-state index in [1.54, 1.807) is 11.1 Å². The molecule has 1 fully saturated rings. The second-order valence-corrected chi connectivity index (χ2v) is 6.47. The van der Waals surface area contributed by atoms with Crippen molar-refractivity contribution in [3.63, 3.8) is 0 Å². The van der Waals surface area contributed by atoms with Crippen LogP contribution in [0.4, 0.5) is 0 Å². The molecular formula is C17H26N2. The fourth-order valence-electron chi connectivity index (χ4n) is 3.50. The van der Waals surface area contributed by atoms with Crippen molar-refractivity contribution < 1.29 is 0 Å². The maximum Gasteiger partial charge on any atom is 0.0205 e. The minimum atomic E-state index is 0.411. The van der Waals surface area contributed by atoms with Crippen molar-refractivity contribution >= 4 is 0 Å². The van der Waals surface area contributed by atoms with E-state index in [-0.39, 0.29) is 0 Å². The second-order valence-electron chi connectivity index (χ2n) is 6.47. The van der Waals surface area contributed by atoms with E-state index in [1.807, 2.05) is 0 Å². The van der Waals surface area contributed by atoms with Crippen molar-refractivity contribution in [1.29, 1.82) is 0 Å². The van der Waals surface area contributed by atoms with Crippen LogP contribution in [0.5, 0.6) is 0 Å². The fraction of sp³-hybridized carbons (Fsp3) is 0.647. The van der Waals surface area contributed by atoms with Gasteiger partial charge in [-0.1, -0.05) is 24.6 Å². The van der Waals surface area contributed by atoms with E-state index < -0.39 is 0 Å². The summed E-state index contributed by atoms with van der Waals surface area (Å²) in [4.78, 5) is 0. The topological polar surface area (TPSA) is 38.0 Å². The Hall–Kier alpha value is -0.860. The summed E-state index contributed by atoms with van der Waals surface area (Å²) in [5.41, 5.74) is 10.9. The molecule has 1 saturated carbocycles. The van der Waals surface area contributed by atoms with Gasteiger partial charge in [-0.05, 0) is 67.2 Å². The summed E-state index contributed by atoms with van der Waals surface area (Å²) >= 11 is 0. The Morgan fingerprint density at radius 3 is 2.53 bits per heavy atom. The Balaban J connectivity index is 1.55. The molecule has 1 aromatic carbocycles. The highest BCUT2D eigenvalue weighted by atomic mass is 14.9. The summed E-state index contributed by atoms with van der Waals surface area (Å²) in [5, 5.41) is 3.62. The van der Waals surface area contributed by atoms with Crippen LogP contribution in [0.3, 0.4) is 0 Å². The molecule has 3 rings (SSSR count). The molecule has 2 aliphatic rings. The normalized spacial score (nSPS) is 20.7. The molecule has 0 amide bonds. The molecule has 3 N–H and O–H groups in total. The van der Waals surface area contributed by atoms with Gasteiger partial charge in [-0.3, -0.25) is 0 Å². The quantitative estimate of drug-likeness (QED) is 0.852. The SMILES string of the molecule is NCC1(CNCc2ccc3c(c2)CCCC3)CCC1. The summed E-state index contributed by atoms with van der Waals surface area (Å²) in [5.74, 6) is 0. The lowest BCUT2D eigenvalue weighted by molar-refractivity contribution is 0.141. The number of nitrogens with one attached hydrogen (secondary N) is 1. The van der Waals surface area contributed by atoms with Crippen molar-refractivity contribution in [2.45, 2.75) is 51.5 Å². The Kier molecular flexibility index (Phi) is 3.90. The fourth-order valence-corrected chi connectivity index (χ4v) is 3.50. The molecule has 19 heavy (non-hydrogen) atoms. The van der Waals surface area contributed by atoms with Crippen LogP contribution in [0.2, 0.25) is 0 Å². The van der Waals surface area contributed by atoms with Crippen LogP contribution in [0.25, 0.3) is 0 Å². The van der Waals surface area contributed by atoms with Gasteiger partial charge in [-0.25, -0.2) is 0 Å². The first-order valence-electron chi connectivity index (χ1n) is 7.83. The predicted molar refractivity (Wildman–Crippen MR) is 80.1 cm³/mol. The Labute approximate surface area is 116 Å². The third-order valence-corrected chi connectivity index (χ3v) is 5.09. The molecule has 0 spiro atoms. The number of aryl methyl sites for hydroxylation is 2. The van der Waals surface area contributed by atoms with Gasteiger partial charge in [0.15, 0.2) is 0 Å². The predicted octanol–water partition coefficient (Wildman–Crippen LogP) is 2.78. The van der Waals surface area contributed by atoms with Crippen LogP contribution in [0.1, 0.15) is 48.8 Å². The standard InChI is InChI=1S/C17H26N2/c18-12-17(8-3-9-17)13-19-11-14-6-7-15-4-1-2-5-16(15)10-14/h6-7,10,19H,1-5,8-9,11-13,18H2. The van der Waals surface area contributed by atoms with Gasteiger partial charge in [-0.2, -0.15) is 0 Å². The average molecular weight is 258 g/mol. The summed E-state index contributed by atoms with van der Waals surface area (Å²) in [6.07, 6.45) is 9.25. The number of hydrogen-bond acceptors (Lipinski definition) is 2. The molecule has 0 bridgehead atoms. The van der Waals surface area contributed by atoms with Gasteiger partial charge in [0.05, 0.1) is 0 Å². The largest absolute Gasteiger partial charge is 0.330 e. The Bertz CT molecular complexity index is 429. The average Bonchev–Trinajstić information content (AvgIpc) is 2.42. The Morgan fingerprint density at radius 1 is 1.05 bits per heavy atom. The first kappa shape index (κ1) is 13.1. The zero-order valence-corrected chi connectivity index (χ0v) is 11.9. The summed E-state index contributed by atoms with van der Waals surface area (Å²) in [7, 11) is 0. The van der Waals surface area contributed by atoms with Gasteiger partial charge in [0, 0.05) is 13.1 Å². The number of rotatable bonds is 5. The molecule has 1 aromatic rings. The molecule has 0 heterocycles. The third kappa shape index (κ3) is 2.85. The maximum absolute atomic E-state index is 5.90. The molecule has 0 atom stereocenters. The minimum Gasteiger partial charge on any atom is -0.330 e. The molecular weight excluding hydrogens is 232 g/mol. The molecule has 0 unspecified atom stereocenters. The van der Waals surface area contributed by atoms with Crippen molar-refractivity contribution in [3.05, 3.63) is 34.9 Å². The smallest absolute Gasteiger partial charge is 0.0205 e. The minimum absolute atomic E-state index is 0.411. The highest BCUT2D eigenvalue weighted by molar-refractivity contribution is 5.33. The monoisotopic (exact) mass is 258 g/mol. The molecule has 0 aliphatic heterocycles. The second kappa shape index (κ2) is 5.64. The molecule has 2 nitrogen and oxygen atoms in total. The molecule has 0 radical (unpaired) electrons. The number of benzene rings is 1. The van der Waals surface area contributed by atoms with Crippen LogP contribution in [-0.2, 0) is 19.4 Å². The molecule has 0 aromatic heterocycles. The van der Waals surface area contributed by atoms with Crippen molar-refractivity contribution in [2.24, 2.45) is 11.1 Å². The lowest BCUT2D eigenvalue weighted by atomic mass is 9.69. The highest BCUT2D eigenvalue weighted by Crippen LogP contribution is 2.39. The van der Waals surface area contributed by atoms with Crippen molar-refractivity contribution in [2.75, 3.05) is 13.1 Å². The maximum atomic E-state index is 5.90. The lowest BCUT2D eigenvalue weighted by Crippen LogP contribution is -2.45. The third-order valence-electron chi connectivity index (χ3n) is 5.09. The van der Waals surface area contributed by atoms with E-state index in [2.05, 4.69) is 23.5 Å². The number of hydrogen-bond donors (Lipinski definition) is 2. The number of fused-ring (bicyclic) bond motifs is 1. The van der Waals surface area contributed by atoms with Crippen molar-refractivity contribution in [1.82, 2.24) is 5.32 Å². The molecule has 2 heteroatoms. The van der Waals surface area contributed by atoms with Gasteiger partial charge in [-0.15, -0.1) is 0 Å². The Morgan fingerprint density at radius 2 is 1.84 bits per heavy atom. The summed E-state index contributed by atoms with van der Waals surface area (Å²) in [6, 6.07) is 7.05. The van der Waals surface area contributed by atoms with Gasteiger partial charge in [0.1, 0.15) is 0 Å². The van der Waals surface area contributed by atoms with Gasteiger partial charge < -0.3 is 11.1 Å². The van der Waals surface area contributed by atoms with Gasteiger partial charge in [0.2, 0.25) is 0 Å². The summed E-state index contributed by atoms with van der Waals surface area (Å²) in [6.45, 7) is 2.92. The first-order chi connectivity index (χ1) is 9.31. The van der Waals surface area contributed by atoms with E-state index in [9.17, 15) is 0 Å². The van der Waals surface area contributed by atoms with E-state index in [4.69, 9.17) is 5.73 Å². The molecule has 104 valence electrons. The highest BCUT2D eigenvalue weighted by Gasteiger charge is 2.34. The lowest BCUT2D eigenvalue weighted by Gasteiger charge is -2.41. The van der Waals surface area contributed by atoms with Crippen LogP contribution in [-0.4, -0.2) is 13.1 Å². The van der Waals surface area contributed by atoms with E-state index in [0.29, 0.717) is 5.41 Å². The van der Waals surface area contributed by atoms with E-state index in [1.165, 1.54) is 50.5 Å². The van der Waals surface area contributed by atoms with E-state index >= 15 is 0 Å². The first-order valence-corrected chi connectivity index (χ1v) is 7.83. The van der Waals surface area contributed by atoms with Crippen LogP contribution >= 0.6 is 0 Å². The zero-order chi connectivity index (χ0) is 13.1.